The molecule has 3 N–H and O–H groups in total. The van der Waals surface area contributed by atoms with Gasteiger partial charge in [0.15, 0.2) is 0 Å². The fourth-order valence-electron chi connectivity index (χ4n) is 3.14. The van der Waals surface area contributed by atoms with E-state index in [-0.39, 0.29) is 11.9 Å². The van der Waals surface area contributed by atoms with Crippen molar-refractivity contribution >= 4 is 33.1 Å². The average molecular weight is 385 g/mol. The lowest BCUT2D eigenvalue weighted by atomic mass is 9.90. The lowest BCUT2D eigenvalue weighted by Gasteiger charge is -2.23. The maximum absolute atomic E-state index is 12.5. The monoisotopic (exact) mass is 384 g/mol. The molecule has 0 aromatic heterocycles. The van der Waals surface area contributed by atoms with Crippen molar-refractivity contribution in [2.75, 3.05) is 5.73 Å². The summed E-state index contributed by atoms with van der Waals surface area (Å²) in [6.45, 7) is 1.96. The summed E-state index contributed by atoms with van der Waals surface area (Å²) in [5.74, 6) is -0.0159. The molecule has 1 amide bonds. The molecule has 0 saturated heterocycles. The third-order valence-electron chi connectivity index (χ3n) is 4.43. The Morgan fingerprint density at radius 1 is 1.25 bits per heavy atom. The number of halogens is 1. The van der Waals surface area contributed by atoms with Gasteiger partial charge in [-0.1, -0.05) is 40.2 Å². The van der Waals surface area contributed by atoms with Crippen molar-refractivity contribution in [3.8, 4) is 0 Å². The molecule has 1 aliphatic rings. The van der Waals surface area contributed by atoms with E-state index in [1.807, 2.05) is 49.4 Å². The number of anilines is 1. The molecule has 1 aliphatic carbocycles. The minimum Gasteiger partial charge on any atom is -0.398 e. The fraction of sp³-hybridized carbons (Fsp3) is 0.250. The number of nitrogens with two attached hydrogens (primary N) is 1. The van der Waals surface area contributed by atoms with E-state index in [1.165, 1.54) is 5.57 Å². The van der Waals surface area contributed by atoms with E-state index in [0.717, 1.165) is 46.1 Å². The molecule has 3 rings (SSSR count). The van der Waals surface area contributed by atoms with Crippen LogP contribution in [0.25, 0.3) is 5.57 Å². The summed E-state index contributed by atoms with van der Waals surface area (Å²) in [4.78, 5) is 12.5. The van der Waals surface area contributed by atoms with E-state index in [4.69, 9.17) is 5.73 Å². The van der Waals surface area contributed by atoms with Crippen molar-refractivity contribution in [1.29, 1.82) is 0 Å². The van der Waals surface area contributed by atoms with Crippen molar-refractivity contribution < 1.29 is 4.79 Å². The maximum Gasteiger partial charge on any atom is 0.252 e. The second-order valence-electron chi connectivity index (χ2n) is 6.21. The van der Waals surface area contributed by atoms with E-state index in [0.29, 0.717) is 0 Å². The first-order valence-electron chi connectivity index (χ1n) is 8.17. The van der Waals surface area contributed by atoms with Gasteiger partial charge in [-0.2, -0.15) is 0 Å². The highest BCUT2D eigenvalue weighted by molar-refractivity contribution is 9.10. The number of rotatable bonds is 3. The van der Waals surface area contributed by atoms with Gasteiger partial charge >= 0.3 is 0 Å². The van der Waals surface area contributed by atoms with Crippen LogP contribution in [0.1, 0.15) is 40.7 Å². The molecule has 124 valence electrons. The van der Waals surface area contributed by atoms with Gasteiger partial charge in [-0.25, -0.2) is 0 Å². The van der Waals surface area contributed by atoms with E-state index < -0.39 is 0 Å². The molecular formula is C20H21BrN2O. The molecule has 1 unspecified atom stereocenters. The number of amides is 1. The molecule has 0 fully saturated rings. The zero-order valence-corrected chi connectivity index (χ0v) is 15.3. The molecular weight excluding hydrogens is 364 g/mol. The summed E-state index contributed by atoms with van der Waals surface area (Å²) >= 11 is 3.50. The second kappa shape index (κ2) is 7.22. The van der Waals surface area contributed by atoms with Crippen LogP contribution in [0.4, 0.5) is 5.69 Å². The lowest BCUT2D eigenvalue weighted by molar-refractivity contribution is 0.0941. The Bertz CT molecular complexity index is 798. The number of aryl methyl sites for hydroxylation is 1. The van der Waals surface area contributed by atoms with Gasteiger partial charge in [0, 0.05) is 27.3 Å². The number of hydrogen-bond donors (Lipinski definition) is 2. The van der Waals surface area contributed by atoms with Gasteiger partial charge in [0.2, 0.25) is 0 Å². The molecule has 0 spiro atoms. The number of hydrogen-bond acceptors (Lipinski definition) is 2. The zero-order valence-electron chi connectivity index (χ0n) is 13.7. The first kappa shape index (κ1) is 16.8. The van der Waals surface area contributed by atoms with Gasteiger partial charge < -0.3 is 11.1 Å². The Balaban J connectivity index is 1.81. The molecule has 0 aliphatic heterocycles. The van der Waals surface area contributed by atoms with Crippen molar-refractivity contribution in [2.24, 2.45) is 0 Å². The largest absolute Gasteiger partial charge is 0.398 e. The smallest absolute Gasteiger partial charge is 0.252 e. The fourth-order valence-corrected chi connectivity index (χ4v) is 3.50. The van der Waals surface area contributed by atoms with E-state index in [1.54, 1.807) is 0 Å². The van der Waals surface area contributed by atoms with Crippen molar-refractivity contribution in [1.82, 2.24) is 5.32 Å². The molecule has 2 aromatic carbocycles. The summed E-state index contributed by atoms with van der Waals surface area (Å²) in [5, 5.41) is 3.14. The summed E-state index contributed by atoms with van der Waals surface area (Å²) in [6, 6.07) is 13.6. The van der Waals surface area contributed by atoms with Crippen LogP contribution >= 0.6 is 15.9 Å². The molecule has 4 heteroatoms. The second-order valence-corrected chi connectivity index (χ2v) is 7.13. The molecule has 0 radical (unpaired) electrons. The summed E-state index contributed by atoms with van der Waals surface area (Å²) < 4.78 is 1.01. The zero-order chi connectivity index (χ0) is 17.1. The number of carbonyl (C=O) groups is 1. The van der Waals surface area contributed by atoms with Crippen molar-refractivity contribution in [2.45, 2.75) is 32.2 Å². The van der Waals surface area contributed by atoms with Gasteiger partial charge in [0.1, 0.15) is 0 Å². The van der Waals surface area contributed by atoms with Crippen LogP contribution in [0.2, 0.25) is 0 Å². The minimum atomic E-state index is -0.0159. The van der Waals surface area contributed by atoms with Crippen molar-refractivity contribution in [3.63, 3.8) is 0 Å². The third-order valence-corrected chi connectivity index (χ3v) is 4.92. The van der Waals surface area contributed by atoms with Crippen LogP contribution in [0, 0.1) is 6.92 Å². The highest BCUT2D eigenvalue weighted by atomic mass is 79.9. The summed E-state index contributed by atoms with van der Waals surface area (Å²) in [5.41, 5.74) is 10.9. The molecule has 0 heterocycles. The average Bonchev–Trinajstić information content (AvgIpc) is 2.57. The molecule has 1 atom stereocenters. The van der Waals surface area contributed by atoms with Gasteiger partial charge in [-0.3, -0.25) is 4.79 Å². The summed E-state index contributed by atoms with van der Waals surface area (Å²) in [7, 11) is 0. The Kier molecular flexibility index (Phi) is 5.05. The number of carbonyl (C=O) groups excluding carboxylic acids is 1. The van der Waals surface area contributed by atoms with Crippen LogP contribution in [0.15, 0.2) is 53.0 Å². The predicted molar refractivity (Wildman–Crippen MR) is 103 cm³/mol. The highest BCUT2D eigenvalue weighted by Gasteiger charge is 2.19. The SMILES string of the molecule is Cc1ccccc1C(=O)NC1C=C(c2cc(Br)ccc2N)CCC1. The topological polar surface area (TPSA) is 55.1 Å². The van der Waals surface area contributed by atoms with E-state index >= 15 is 0 Å². The lowest BCUT2D eigenvalue weighted by Crippen LogP contribution is -2.35. The highest BCUT2D eigenvalue weighted by Crippen LogP contribution is 2.32. The Labute approximate surface area is 151 Å². The molecule has 3 nitrogen and oxygen atoms in total. The van der Waals surface area contributed by atoms with Gasteiger partial charge in [-0.15, -0.1) is 0 Å². The van der Waals surface area contributed by atoms with Gasteiger partial charge in [0.25, 0.3) is 5.91 Å². The van der Waals surface area contributed by atoms with Crippen LogP contribution in [-0.4, -0.2) is 11.9 Å². The number of nitrogen functional groups attached to an aromatic ring is 1. The van der Waals surface area contributed by atoms with Crippen LogP contribution in [0.5, 0.6) is 0 Å². The molecule has 2 aromatic rings. The Morgan fingerprint density at radius 2 is 2.04 bits per heavy atom. The summed E-state index contributed by atoms with van der Waals surface area (Å²) in [6.07, 6.45) is 5.13. The third kappa shape index (κ3) is 3.70. The number of allylic oxidation sites excluding steroid dienone is 1. The van der Waals surface area contributed by atoms with Gasteiger partial charge in [0.05, 0.1) is 0 Å². The maximum atomic E-state index is 12.5. The standard InChI is InChI=1S/C20H21BrN2O/c1-13-5-2-3-8-17(13)20(24)23-16-7-4-6-14(11-16)18-12-15(21)9-10-19(18)22/h2-3,5,8-12,16H,4,6-7,22H2,1H3,(H,23,24). The Hall–Kier alpha value is -2.07. The predicted octanol–water partition coefficient (Wildman–Crippen LogP) is 4.71. The van der Waals surface area contributed by atoms with Crippen LogP contribution in [0.3, 0.4) is 0 Å². The van der Waals surface area contributed by atoms with Crippen LogP contribution < -0.4 is 11.1 Å². The quantitative estimate of drug-likeness (QED) is 0.753. The van der Waals surface area contributed by atoms with Gasteiger partial charge in [-0.05, 0) is 61.6 Å². The first-order valence-corrected chi connectivity index (χ1v) is 8.96. The number of benzene rings is 2. The molecule has 0 saturated carbocycles. The van der Waals surface area contributed by atoms with Crippen LogP contribution in [-0.2, 0) is 0 Å². The first-order chi connectivity index (χ1) is 11.5. The minimum absolute atomic E-state index is 0.0159. The van der Waals surface area contributed by atoms with Crippen molar-refractivity contribution in [3.05, 3.63) is 69.7 Å². The van der Waals surface area contributed by atoms with E-state index in [9.17, 15) is 4.79 Å². The normalized spacial score (nSPS) is 17.2. The van der Waals surface area contributed by atoms with E-state index in [2.05, 4.69) is 27.3 Å². The number of nitrogens with one attached hydrogen (secondary N) is 1. The molecule has 0 bridgehead atoms. The molecule has 24 heavy (non-hydrogen) atoms. The Morgan fingerprint density at radius 3 is 2.83 bits per heavy atom.